The zero-order valence-electron chi connectivity index (χ0n) is 15.1. The second-order valence-electron chi connectivity index (χ2n) is 6.23. The molecule has 0 aliphatic heterocycles. The van der Waals surface area contributed by atoms with E-state index in [2.05, 4.69) is 25.3 Å². The lowest BCUT2D eigenvalue weighted by molar-refractivity contribution is 0.159. The molecule has 0 aliphatic carbocycles. The number of amides is 1. The molecule has 10 heteroatoms. The fourth-order valence-corrected chi connectivity index (χ4v) is 2.85. The van der Waals surface area contributed by atoms with Crippen molar-refractivity contribution in [2.45, 2.75) is 13.0 Å². The van der Waals surface area contributed by atoms with Crippen LogP contribution in [0.4, 0.5) is 9.18 Å². The quantitative estimate of drug-likeness (QED) is 0.548. The van der Waals surface area contributed by atoms with Gasteiger partial charge in [-0.2, -0.15) is 0 Å². The number of aromatic amines is 1. The molecule has 4 aromatic heterocycles. The van der Waals surface area contributed by atoms with Crippen molar-refractivity contribution < 1.29 is 18.7 Å². The van der Waals surface area contributed by atoms with Crippen LogP contribution in [0, 0.1) is 5.82 Å². The van der Waals surface area contributed by atoms with Crippen LogP contribution in [0.2, 0.25) is 0 Å². The summed E-state index contributed by atoms with van der Waals surface area (Å²) in [4.78, 5) is 28.1. The number of aromatic nitrogens is 5. The zero-order chi connectivity index (χ0) is 19.7. The maximum atomic E-state index is 13.4. The van der Waals surface area contributed by atoms with Crippen molar-refractivity contribution in [2.75, 3.05) is 13.7 Å². The van der Waals surface area contributed by atoms with Gasteiger partial charge >= 0.3 is 6.09 Å². The first-order chi connectivity index (χ1) is 13.5. The molecule has 0 fully saturated rings. The van der Waals surface area contributed by atoms with Crippen LogP contribution in [-0.2, 0) is 4.74 Å². The molecule has 0 saturated carbocycles. The molecule has 1 atom stereocenters. The van der Waals surface area contributed by atoms with Crippen LogP contribution in [0.1, 0.15) is 6.92 Å². The Balaban J connectivity index is 1.65. The molecule has 4 heterocycles. The first kappa shape index (κ1) is 17.9. The Morgan fingerprint density at radius 1 is 1.39 bits per heavy atom. The van der Waals surface area contributed by atoms with Gasteiger partial charge in [0.05, 0.1) is 24.4 Å². The first-order valence-electron chi connectivity index (χ1n) is 8.49. The van der Waals surface area contributed by atoms with Crippen molar-refractivity contribution in [1.29, 1.82) is 0 Å². The number of carbonyl (C=O) groups excluding carboxylic acids is 1. The summed E-state index contributed by atoms with van der Waals surface area (Å²) in [5.74, 6) is -0.131. The van der Waals surface area contributed by atoms with Gasteiger partial charge in [0.15, 0.2) is 16.9 Å². The van der Waals surface area contributed by atoms with E-state index in [9.17, 15) is 9.18 Å². The minimum atomic E-state index is -0.624. The van der Waals surface area contributed by atoms with Gasteiger partial charge in [0, 0.05) is 19.5 Å². The minimum Gasteiger partial charge on any atom is -0.406 e. The lowest BCUT2D eigenvalue weighted by Gasteiger charge is -2.12. The third-order valence-corrected chi connectivity index (χ3v) is 4.07. The minimum absolute atomic E-state index is 0.207. The molecule has 4 rings (SSSR count). The predicted molar refractivity (Wildman–Crippen MR) is 98.5 cm³/mol. The number of nitrogens with one attached hydrogen (secondary N) is 2. The molecule has 0 aromatic carbocycles. The van der Waals surface area contributed by atoms with Crippen LogP contribution in [0.5, 0.6) is 5.75 Å². The Bertz CT molecular complexity index is 1150. The number of imidazole rings is 1. The van der Waals surface area contributed by atoms with Gasteiger partial charge in [0.2, 0.25) is 0 Å². The molecule has 4 aromatic rings. The Hall–Kier alpha value is -3.53. The van der Waals surface area contributed by atoms with E-state index in [4.69, 9.17) is 9.47 Å². The number of ether oxygens (including phenoxy) is 2. The number of hydrogen-bond acceptors (Lipinski definition) is 6. The van der Waals surface area contributed by atoms with E-state index in [1.54, 1.807) is 30.7 Å². The fourth-order valence-electron chi connectivity index (χ4n) is 2.85. The van der Waals surface area contributed by atoms with Gasteiger partial charge in [0.1, 0.15) is 23.5 Å². The third kappa shape index (κ3) is 3.37. The summed E-state index contributed by atoms with van der Waals surface area (Å²) in [5.41, 5.74) is 2.54. The monoisotopic (exact) mass is 384 g/mol. The van der Waals surface area contributed by atoms with E-state index < -0.39 is 6.09 Å². The molecule has 0 saturated heterocycles. The van der Waals surface area contributed by atoms with Crippen molar-refractivity contribution in [3.05, 3.63) is 42.9 Å². The number of nitrogens with zero attached hydrogens (tertiary/aromatic N) is 4. The maximum absolute atomic E-state index is 13.4. The van der Waals surface area contributed by atoms with Crippen molar-refractivity contribution in [2.24, 2.45) is 0 Å². The van der Waals surface area contributed by atoms with E-state index in [1.807, 2.05) is 0 Å². The van der Waals surface area contributed by atoms with Gasteiger partial charge in [-0.3, -0.25) is 0 Å². The van der Waals surface area contributed by atoms with Crippen molar-refractivity contribution in [3.8, 4) is 17.1 Å². The van der Waals surface area contributed by atoms with Crippen LogP contribution in [0.3, 0.4) is 0 Å². The number of halogens is 1. The highest BCUT2D eigenvalue weighted by molar-refractivity contribution is 5.85. The molecule has 0 unspecified atom stereocenters. The molecule has 144 valence electrons. The number of H-pyrrole nitrogens is 1. The SMILES string of the molecule is COC[C@H](C)NC(=O)Oc1c[nH]c2ncc(-c3ncn4cc(F)ccc34)nc12. The van der Waals surface area contributed by atoms with Gasteiger partial charge in [-0.15, -0.1) is 0 Å². The molecular formula is C18H17FN6O3. The molecule has 2 N–H and O–H groups in total. The van der Waals surface area contributed by atoms with Gasteiger partial charge < -0.3 is 24.2 Å². The van der Waals surface area contributed by atoms with Crippen LogP contribution >= 0.6 is 0 Å². The summed E-state index contributed by atoms with van der Waals surface area (Å²) >= 11 is 0. The van der Waals surface area contributed by atoms with Crippen LogP contribution < -0.4 is 10.1 Å². The molecule has 0 aliphatic rings. The van der Waals surface area contributed by atoms with E-state index in [-0.39, 0.29) is 17.6 Å². The molecule has 1 amide bonds. The predicted octanol–water partition coefficient (Wildman–Crippen LogP) is 2.54. The largest absolute Gasteiger partial charge is 0.413 e. The Kier molecular flexibility index (Phi) is 4.62. The van der Waals surface area contributed by atoms with E-state index in [0.717, 1.165) is 0 Å². The summed E-state index contributed by atoms with van der Waals surface area (Å²) in [6.07, 6.45) is 5.26. The third-order valence-electron chi connectivity index (χ3n) is 4.07. The van der Waals surface area contributed by atoms with Crippen LogP contribution in [0.25, 0.3) is 28.1 Å². The standard InChI is InChI=1S/C18H17FN6O3/c1-10(8-27-2)23-18(26)28-14-6-21-17-16(14)24-12(5-20-17)15-13-4-3-11(19)7-25(13)9-22-15/h3-7,9-10H,8H2,1-2H3,(H,20,21)(H,23,26)/t10-/m0/s1. The average Bonchev–Trinajstić information content (AvgIpc) is 3.25. The molecule has 28 heavy (non-hydrogen) atoms. The number of rotatable bonds is 5. The smallest absolute Gasteiger partial charge is 0.406 e. The molecule has 9 nitrogen and oxygen atoms in total. The van der Waals surface area contributed by atoms with Gasteiger partial charge in [0.25, 0.3) is 0 Å². The van der Waals surface area contributed by atoms with Gasteiger partial charge in [-0.05, 0) is 19.1 Å². The second kappa shape index (κ2) is 7.24. The first-order valence-corrected chi connectivity index (χ1v) is 8.49. The fraction of sp³-hybridized carbons (Fsp3) is 0.222. The summed E-state index contributed by atoms with van der Waals surface area (Å²) < 4.78 is 25.3. The number of pyridine rings is 1. The number of fused-ring (bicyclic) bond motifs is 2. The van der Waals surface area contributed by atoms with Crippen molar-refractivity contribution in [1.82, 2.24) is 29.7 Å². The van der Waals surface area contributed by atoms with E-state index in [0.29, 0.717) is 34.7 Å². The second-order valence-corrected chi connectivity index (χ2v) is 6.23. The summed E-state index contributed by atoms with van der Waals surface area (Å²) in [6, 6.07) is 2.76. The summed E-state index contributed by atoms with van der Waals surface area (Å²) in [6.45, 7) is 2.16. The Morgan fingerprint density at radius 3 is 3.07 bits per heavy atom. The highest BCUT2D eigenvalue weighted by Gasteiger charge is 2.16. The maximum Gasteiger partial charge on any atom is 0.413 e. The summed E-state index contributed by atoms with van der Waals surface area (Å²) in [7, 11) is 1.55. The lowest BCUT2D eigenvalue weighted by Crippen LogP contribution is -2.37. The highest BCUT2D eigenvalue weighted by Crippen LogP contribution is 2.27. The van der Waals surface area contributed by atoms with Crippen LogP contribution in [0.15, 0.2) is 37.1 Å². The highest BCUT2D eigenvalue weighted by atomic mass is 19.1. The van der Waals surface area contributed by atoms with Crippen LogP contribution in [-0.4, -0.2) is 50.2 Å². The van der Waals surface area contributed by atoms with E-state index in [1.165, 1.54) is 24.8 Å². The summed E-state index contributed by atoms with van der Waals surface area (Å²) in [5, 5.41) is 2.66. The number of methoxy groups -OCH3 is 1. The van der Waals surface area contributed by atoms with Gasteiger partial charge in [-0.25, -0.2) is 24.1 Å². The molecule has 0 spiro atoms. The average molecular weight is 384 g/mol. The molecular weight excluding hydrogens is 367 g/mol. The van der Waals surface area contributed by atoms with E-state index >= 15 is 0 Å². The van der Waals surface area contributed by atoms with Gasteiger partial charge in [-0.1, -0.05) is 0 Å². The topological polar surface area (TPSA) is 106 Å². The Morgan fingerprint density at radius 2 is 2.25 bits per heavy atom. The molecule has 0 bridgehead atoms. The lowest BCUT2D eigenvalue weighted by atomic mass is 10.2. The van der Waals surface area contributed by atoms with Crippen molar-refractivity contribution >= 4 is 22.8 Å². The Labute approximate surface area is 158 Å². The molecule has 0 radical (unpaired) electrons. The normalized spacial score (nSPS) is 12.4. The van der Waals surface area contributed by atoms with Crippen molar-refractivity contribution in [3.63, 3.8) is 0 Å². The zero-order valence-corrected chi connectivity index (χ0v) is 15.1. The number of hydrogen-bond donors (Lipinski definition) is 2. The number of carbonyl (C=O) groups is 1.